The van der Waals surface area contributed by atoms with Gasteiger partial charge in [0.05, 0.1) is 19.5 Å². The molecule has 0 aliphatic rings. The van der Waals surface area contributed by atoms with Crippen LogP contribution in [-0.2, 0) is 9.71 Å². The normalized spacial score (nSPS) is 13.7. The van der Waals surface area contributed by atoms with E-state index in [9.17, 15) is 4.21 Å². The van der Waals surface area contributed by atoms with E-state index in [4.69, 9.17) is 0 Å². The average molecular weight is 426 g/mol. The lowest BCUT2D eigenvalue weighted by Gasteiger charge is -2.25. The number of nitrogens with one attached hydrogen (secondary N) is 2. The fourth-order valence-electron chi connectivity index (χ4n) is 3.00. The van der Waals surface area contributed by atoms with E-state index >= 15 is 0 Å². The van der Waals surface area contributed by atoms with Crippen molar-refractivity contribution >= 4 is 38.7 Å². The van der Waals surface area contributed by atoms with Crippen molar-refractivity contribution in [3.63, 3.8) is 0 Å². The van der Waals surface area contributed by atoms with Gasteiger partial charge in [-0.25, -0.2) is 13.9 Å². The molecule has 0 radical (unpaired) electrons. The van der Waals surface area contributed by atoms with Crippen molar-refractivity contribution < 1.29 is 4.21 Å². The minimum atomic E-state index is -2.72. The molecule has 0 aliphatic carbocycles. The van der Waals surface area contributed by atoms with Gasteiger partial charge >= 0.3 is 0 Å². The largest absolute Gasteiger partial charge is 0.388 e. The molecule has 0 bridgehead atoms. The number of benzene rings is 2. The van der Waals surface area contributed by atoms with Crippen molar-refractivity contribution in [1.82, 2.24) is 9.71 Å². The van der Waals surface area contributed by atoms with Crippen molar-refractivity contribution in [2.45, 2.75) is 31.2 Å². The van der Waals surface area contributed by atoms with Crippen molar-refractivity contribution in [1.29, 1.82) is 0 Å². The van der Waals surface area contributed by atoms with E-state index in [1.807, 2.05) is 76.5 Å². The first kappa shape index (κ1) is 21.3. The number of nitrogens with zero attached hydrogens (tertiary/aromatic N) is 1. The first-order valence-corrected chi connectivity index (χ1v) is 11.8. The van der Waals surface area contributed by atoms with Crippen LogP contribution >= 0.6 is 11.3 Å². The van der Waals surface area contributed by atoms with E-state index in [1.54, 1.807) is 17.4 Å². The van der Waals surface area contributed by atoms with E-state index in [1.165, 1.54) is 0 Å². The highest BCUT2D eigenvalue weighted by Gasteiger charge is 2.22. The second-order valence-corrected chi connectivity index (χ2v) is 10.9. The third-order valence-electron chi connectivity index (χ3n) is 4.26. The molecule has 1 atom stereocenters. The maximum absolute atomic E-state index is 13.5. The van der Waals surface area contributed by atoms with Crippen molar-refractivity contribution in [2.24, 2.45) is 0 Å². The van der Waals surface area contributed by atoms with Crippen LogP contribution in [0.25, 0.3) is 27.1 Å². The molecule has 0 saturated carbocycles. The second-order valence-electron chi connectivity index (χ2n) is 7.84. The molecule has 0 spiro atoms. The molecule has 2 aromatic carbocycles. The molecule has 0 saturated heterocycles. The molecule has 1 heterocycles. The highest BCUT2D eigenvalue weighted by molar-refractivity contribution is 7.98. The van der Waals surface area contributed by atoms with E-state index in [0.29, 0.717) is 4.90 Å². The molecule has 29 heavy (non-hydrogen) atoms. The Morgan fingerprint density at radius 2 is 1.83 bits per heavy atom. The number of anilines is 1. The Hall–Kier alpha value is -2.41. The molecular formula is C23H27N3OS2. The molecule has 6 heteroatoms. The third-order valence-corrected chi connectivity index (χ3v) is 7.33. The first-order valence-electron chi connectivity index (χ1n) is 9.30. The number of hydrogen-bond donors (Lipinski definition) is 2. The van der Waals surface area contributed by atoms with Gasteiger partial charge in [0, 0.05) is 35.6 Å². The van der Waals surface area contributed by atoms with Crippen molar-refractivity contribution in [2.75, 3.05) is 12.4 Å². The zero-order valence-corrected chi connectivity index (χ0v) is 18.9. The van der Waals surface area contributed by atoms with Crippen LogP contribution < -0.4 is 10.0 Å². The predicted octanol–water partition coefficient (Wildman–Crippen LogP) is 5.54. The van der Waals surface area contributed by atoms with Crippen molar-refractivity contribution in [3.8, 4) is 21.0 Å². The van der Waals surface area contributed by atoms with Gasteiger partial charge < -0.3 is 5.32 Å². The number of aromatic nitrogens is 1. The molecule has 4 nitrogen and oxygen atoms in total. The van der Waals surface area contributed by atoms with Crippen LogP contribution in [0, 0.1) is 0 Å². The number of thiazole rings is 1. The lowest BCUT2D eigenvalue weighted by Crippen LogP contribution is -2.40. The Kier molecular flexibility index (Phi) is 5.98. The van der Waals surface area contributed by atoms with Crippen LogP contribution in [-0.4, -0.2) is 27.6 Å². The molecule has 1 unspecified atom stereocenters. The summed E-state index contributed by atoms with van der Waals surface area (Å²) in [4.78, 5) is 6.23. The number of hydrogen-bond acceptors (Lipinski definition) is 4. The number of rotatable bonds is 6. The predicted molar refractivity (Wildman–Crippen MR) is 129 cm³/mol. The van der Waals surface area contributed by atoms with E-state index in [2.05, 4.69) is 27.5 Å². The lowest BCUT2D eigenvalue weighted by molar-refractivity contribution is 0.518. The summed E-state index contributed by atoms with van der Waals surface area (Å²) in [5.74, 6) is 4.03. The average Bonchev–Trinajstić information content (AvgIpc) is 3.15. The fourth-order valence-corrected chi connectivity index (χ4v) is 5.99. The molecular weight excluding hydrogens is 398 g/mol. The maximum atomic E-state index is 13.5. The van der Waals surface area contributed by atoms with Crippen LogP contribution in [0.1, 0.15) is 26.3 Å². The van der Waals surface area contributed by atoms with Gasteiger partial charge in [0.25, 0.3) is 0 Å². The molecule has 0 fully saturated rings. The quantitative estimate of drug-likeness (QED) is 0.510. The second kappa shape index (κ2) is 8.14. The topological polar surface area (TPSA) is 54.0 Å². The maximum Gasteiger partial charge on any atom is 0.123 e. The van der Waals surface area contributed by atoms with Gasteiger partial charge in [-0.3, -0.25) is 0 Å². The Morgan fingerprint density at radius 3 is 2.41 bits per heavy atom. The summed E-state index contributed by atoms with van der Waals surface area (Å²) in [6.07, 6.45) is 3.59. The van der Waals surface area contributed by atoms with Crippen LogP contribution in [0.3, 0.4) is 0 Å². The summed E-state index contributed by atoms with van der Waals surface area (Å²) < 4.78 is 16.7. The van der Waals surface area contributed by atoms with Crippen LogP contribution in [0.4, 0.5) is 5.69 Å². The van der Waals surface area contributed by atoms with E-state index < -0.39 is 9.71 Å². The molecule has 1 aromatic heterocycles. The summed E-state index contributed by atoms with van der Waals surface area (Å²) in [7, 11) is -0.825. The zero-order valence-electron chi connectivity index (χ0n) is 17.3. The fraction of sp³-hybridized carbons (Fsp3) is 0.217. The SMILES string of the molecule is C=Cc1ccc(-c2cnc(-c3ccc(NC)cc3)s2)c(S(=C)(=O)NC(C)(C)C)c1. The van der Waals surface area contributed by atoms with Gasteiger partial charge in [-0.2, -0.15) is 0 Å². The molecule has 0 amide bonds. The van der Waals surface area contributed by atoms with Crippen LogP contribution in [0.15, 0.2) is 60.1 Å². The monoisotopic (exact) mass is 425 g/mol. The smallest absolute Gasteiger partial charge is 0.123 e. The molecule has 0 aliphatic heterocycles. The Balaban J connectivity index is 2.07. The van der Waals surface area contributed by atoms with E-state index in [0.717, 1.165) is 32.3 Å². The summed E-state index contributed by atoms with van der Waals surface area (Å²) in [5.41, 5.74) is 3.55. The molecule has 152 valence electrons. The van der Waals surface area contributed by atoms with Gasteiger partial charge in [0.1, 0.15) is 5.01 Å². The van der Waals surface area contributed by atoms with Gasteiger partial charge in [-0.15, -0.1) is 11.3 Å². The highest BCUT2D eigenvalue weighted by Crippen LogP contribution is 2.36. The Labute approximate surface area is 177 Å². The van der Waals surface area contributed by atoms with E-state index in [-0.39, 0.29) is 5.54 Å². The van der Waals surface area contributed by atoms with Crippen LogP contribution in [0.5, 0.6) is 0 Å². The summed E-state index contributed by atoms with van der Waals surface area (Å²) >= 11 is 1.58. The highest BCUT2D eigenvalue weighted by atomic mass is 32.2. The van der Waals surface area contributed by atoms with Crippen molar-refractivity contribution in [3.05, 3.63) is 60.8 Å². The lowest BCUT2D eigenvalue weighted by atomic mass is 10.1. The Morgan fingerprint density at radius 1 is 1.14 bits per heavy atom. The Bertz CT molecular complexity index is 1120. The molecule has 3 aromatic rings. The third kappa shape index (κ3) is 4.96. The zero-order chi connectivity index (χ0) is 21.2. The minimum Gasteiger partial charge on any atom is -0.388 e. The molecule has 2 N–H and O–H groups in total. The van der Waals surface area contributed by atoms with Crippen LogP contribution in [0.2, 0.25) is 0 Å². The molecule has 3 rings (SSSR count). The van der Waals surface area contributed by atoms with Gasteiger partial charge in [-0.05, 0) is 62.5 Å². The summed E-state index contributed by atoms with van der Waals surface area (Å²) in [6, 6.07) is 14.0. The van der Waals surface area contributed by atoms with Gasteiger partial charge in [0.2, 0.25) is 0 Å². The first-order chi connectivity index (χ1) is 13.6. The standard InChI is InChI=1S/C23H27N3OS2/c1-7-16-8-13-19(21(14-16)29(6,27)26-23(2,3)4)20-15-25-22(28-20)17-9-11-18(24-5)12-10-17/h7-15,24H,1,6H2,2-5H3,(H,26,27). The summed E-state index contributed by atoms with van der Waals surface area (Å²) in [6.45, 7) is 9.78. The van der Waals surface area contributed by atoms with Gasteiger partial charge in [-0.1, -0.05) is 24.8 Å². The van der Waals surface area contributed by atoms with Gasteiger partial charge in [0.15, 0.2) is 0 Å². The minimum absolute atomic E-state index is 0.339. The summed E-state index contributed by atoms with van der Waals surface area (Å²) in [5, 5.41) is 4.04.